The van der Waals surface area contributed by atoms with Gasteiger partial charge in [0.2, 0.25) is 0 Å². The molecule has 2 nitrogen and oxygen atoms in total. The van der Waals surface area contributed by atoms with E-state index >= 15 is 0 Å². The highest BCUT2D eigenvalue weighted by molar-refractivity contribution is 6.53. The molecule has 0 aliphatic rings. The van der Waals surface area contributed by atoms with E-state index in [2.05, 4.69) is 19.2 Å². The molecule has 0 aromatic rings. The molecule has 0 aliphatic carbocycles. The van der Waals surface area contributed by atoms with Crippen LogP contribution in [0, 0.1) is 5.92 Å². The zero-order valence-corrected chi connectivity index (χ0v) is 8.24. The van der Waals surface area contributed by atoms with Crippen molar-refractivity contribution in [2.45, 2.75) is 25.1 Å². The van der Waals surface area contributed by atoms with Crippen LogP contribution in [0.15, 0.2) is 0 Å². The number of alkyl halides is 2. The Labute approximate surface area is 77.2 Å². The fourth-order valence-electron chi connectivity index (χ4n) is 0.561. The maximum atomic E-state index is 10.7. The number of amides is 1. The van der Waals surface area contributed by atoms with Crippen molar-refractivity contribution in [3.8, 4) is 0 Å². The number of rotatable bonds is 4. The van der Waals surface area contributed by atoms with Crippen LogP contribution in [0.1, 0.15) is 20.3 Å². The lowest BCUT2D eigenvalue weighted by molar-refractivity contribution is -0.119. The van der Waals surface area contributed by atoms with Gasteiger partial charge in [-0.2, -0.15) is 0 Å². The fraction of sp³-hybridized carbons (Fsp3) is 0.857. The predicted octanol–water partition coefficient (Wildman–Crippen LogP) is 1.95. The van der Waals surface area contributed by atoms with Crippen molar-refractivity contribution in [1.29, 1.82) is 0 Å². The zero-order valence-electron chi connectivity index (χ0n) is 6.73. The van der Waals surface area contributed by atoms with Crippen molar-refractivity contribution in [3.05, 3.63) is 0 Å². The number of nitrogens with one attached hydrogen (secondary N) is 1. The molecule has 1 amide bonds. The number of carbonyl (C=O) groups excluding carboxylic acids is 1. The first-order valence-corrected chi connectivity index (χ1v) is 4.47. The van der Waals surface area contributed by atoms with Crippen LogP contribution >= 0.6 is 23.2 Å². The standard InChI is InChI=1S/C7H13Cl2NO/c1-5(2)3-4-10-7(11)6(8)9/h5-6H,3-4H2,1-2H3,(H,10,11). The minimum atomic E-state index is -0.942. The Morgan fingerprint density at radius 1 is 1.45 bits per heavy atom. The summed E-state index contributed by atoms with van der Waals surface area (Å²) in [6, 6.07) is 0. The molecule has 0 aromatic heterocycles. The molecule has 0 atom stereocenters. The van der Waals surface area contributed by atoms with Gasteiger partial charge in [0.1, 0.15) is 0 Å². The molecule has 0 spiro atoms. The third-order valence-electron chi connectivity index (χ3n) is 1.22. The molecule has 0 rings (SSSR count). The van der Waals surface area contributed by atoms with Crippen molar-refractivity contribution in [3.63, 3.8) is 0 Å². The summed E-state index contributed by atoms with van der Waals surface area (Å²) in [5.74, 6) is 0.272. The zero-order chi connectivity index (χ0) is 8.85. The van der Waals surface area contributed by atoms with E-state index in [9.17, 15) is 4.79 Å². The molecule has 0 unspecified atom stereocenters. The van der Waals surface area contributed by atoms with E-state index in [1.807, 2.05) is 0 Å². The Bertz CT molecular complexity index is 126. The summed E-state index contributed by atoms with van der Waals surface area (Å²) in [6.07, 6.45) is 0.951. The lowest BCUT2D eigenvalue weighted by Crippen LogP contribution is -2.29. The third-order valence-corrected chi connectivity index (χ3v) is 1.62. The second kappa shape index (κ2) is 5.67. The van der Waals surface area contributed by atoms with Gasteiger partial charge in [-0.05, 0) is 12.3 Å². The topological polar surface area (TPSA) is 29.1 Å². The number of halogens is 2. The largest absolute Gasteiger partial charge is 0.354 e. The van der Waals surface area contributed by atoms with Gasteiger partial charge in [0.05, 0.1) is 0 Å². The quantitative estimate of drug-likeness (QED) is 0.687. The van der Waals surface area contributed by atoms with Gasteiger partial charge in [0.25, 0.3) is 5.91 Å². The molecule has 11 heavy (non-hydrogen) atoms. The van der Waals surface area contributed by atoms with E-state index in [0.717, 1.165) is 6.42 Å². The van der Waals surface area contributed by atoms with Gasteiger partial charge in [-0.1, -0.05) is 37.0 Å². The van der Waals surface area contributed by atoms with Crippen LogP contribution in [0.2, 0.25) is 0 Å². The molecule has 0 radical (unpaired) electrons. The molecule has 0 bridgehead atoms. The van der Waals surface area contributed by atoms with Crippen molar-refractivity contribution in [1.82, 2.24) is 5.32 Å². The van der Waals surface area contributed by atoms with Gasteiger partial charge in [0.15, 0.2) is 4.84 Å². The number of hydrogen-bond donors (Lipinski definition) is 1. The van der Waals surface area contributed by atoms with Crippen molar-refractivity contribution < 1.29 is 4.79 Å². The van der Waals surface area contributed by atoms with Crippen LogP contribution in [0.3, 0.4) is 0 Å². The predicted molar refractivity (Wildman–Crippen MR) is 48.0 cm³/mol. The molecule has 0 heterocycles. The van der Waals surface area contributed by atoms with E-state index in [1.165, 1.54) is 0 Å². The monoisotopic (exact) mass is 197 g/mol. The average molecular weight is 198 g/mol. The van der Waals surface area contributed by atoms with Gasteiger partial charge in [-0.15, -0.1) is 0 Å². The lowest BCUT2D eigenvalue weighted by atomic mass is 10.1. The van der Waals surface area contributed by atoms with Crippen molar-refractivity contribution in [2.24, 2.45) is 5.92 Å². The average Bonchev–Trinajstić information content (AvgIpc) is 1.86. The van der Waals surface area contributed by atoms with Crippen LogP contribution in [0.25, 0.3) is 0 Å². The highest BCUT2D eigenvalue weighted by atomic mass is 35.5. The van der Waals surface area contributed by atoms with Crippen molar-refractivity contribution in [2.75, 3.05) is 6.54 Å². The van der Waals surface area contributed by atoms with Gasteiger partial charge in [-0.25, -0.2) is 0 Å². The summed E-state index contributed by atoms with van der Waals surface area (Å²) in [7, 11) is 0. The van der Waals surface area contributed by atoms with E-state index in [1.54, 1.807) is 0 Å². The first kappa shape index (κ1) is 11.1. The highest BCUT2D eigenvalue weighted by Gasteiger charge is 2.09. The molecule has 0 saturated heterocycles. The highest BCUT2D eigenvalue weighted by Crippen LogP contribution is 2.01. The van der Waals surface area contributed by atoms with Gasteiger partial charge >= 0.3 is 0 Å². The molecular formula is C7H13Cl2NO. The SMILES string of the molecule is CC(C)CCNC(=O)C(Cl)Cl. The number of carbonyl (C=O) groups is 1. The second-order valence-corrected chi connectivity index (χ2v) is 3.87. The first-order valence-electron chi connectivity index (χ1n) is 3.60. The van der Waals surface area contributed by atoms with Crippen LogP contribution < -0.4 is 5.32 Å². The Hall–Kier alpha value is 0.0500. The van der Waals surface area contributed by atoms with E-state index in [-0.39, 0.29) is 5.91 Å². The molecule has 4 heteroatoms. The second-order valence-electron chi connectivity index (χ2n) is 2.77. The first-order chi connectivity index (χ1) is 5.04. The Morgan fingerprint density at radius 3 is 2.36 bits per heavy atom. The Morgan fingerprint density at radius 2 is 2.00 bits per heavy atom. The lowest BCUT2D eigenvalue weighted by Gasteiger charge is -2.06. The van der Waals surface area contributed by atoms with Crippen LogP contribution in [-0.2, 0) is 4.79 Å². The minimum absolute atomic E-state index is 0.311. The van der Waals surface area contributed by atoms with Crippen LogP contribution in [-0.4, -0.2) is 17.3 Å². The molecule has 0 aliphatic heterocycles. The molecule has 0 fully saturated rings. The fourth-order valence-corrected chi connectivity index (χ4v) is 0.715. The maximum absolute atomic E-state index is 10.7. The minimum Gasteiger partial charge on any atom is -0.354 e. The summed E-state index contributed by atoms with van der Waals surface area (Å²) in [5, 5.41) is 2.61. The molecule has 1 N–H and O–H groups in total. The smallest absolute Gasteiger partial charge is 0.253 e. The molecular weight excluding hydrogens is 185 g/mol. The summed E-state index contributed by atoms with van der Waals surface area (Å²) in [5.41, 5.74) is 0. The van der Waals surface area contributed by atoms with Crippen molar-refractivity contribution >= 4 is 29.1 Å². The summed E-state index contributed by atoms with van der Waals surface area (Å²) in [6.45, 7) is 4.82. The van der Waals surface area contributed by atoms with E-state index < -0.39 is 4.84 Å². The van der Waals surface area contributed by atoms with Gasteiger partial charge in [0, 0.05) is 6.54 Å². The maximum Gasteiger partial charge on any atom is 0.253 e. The molecule has 0 saturated carbocycles. The van der Waals surface area contributed by atoms with Crippen LogP contribution in [0.4, 0.5) is 0 Å². The molecule has 66 valence electrons. The normalized spacial score (nSPS) is 10.7. The Balaban J connectivity index is 3.32. The summed E-state index contributed by atoms with van der Waals surface area (Å²) < 4.78 is 0. The summed E-state index contributed by atoms with van der Waals surface area (Å²) in [4.78, 5) is 9.81. The summed E-state index contributed by atoms with van der Waals surface area (Å²) >= 11 is 10.6. The molecule has 0 aromatic carbocycles. The van der Waals surface area contributed by atoms with E-state index in [4.69, 9.17) is 23.2 Å². The van der Waals surface area contributed by atoms with E-state index in [0.29, 0.717) is 12.5 Å². The van der Waals surface area contributed by atoms with Gasteiger partial charge in [-0.3, -0.25) is 4.79 Å². The van der Waals surface area contributed by atoms with Gasteiger partial charge < -0.3 is 5.32 Å². The third kappa shape index (κ3) is 6.45. The number of hydrogen-bond acceptors (Lipinski definition) is 1. The Kier molecular flexibility index (Phi) is 5.69. The van der Waals surface area contributed by atoms with Crippen LogP contribution in [0.5, 0.6) is 0 Å².